The van der Waals surface area contributed by atoms with Gasteiger partial charge in [0.15, 0.2) is 11.6 Å². The van der Waals surface area contributed by atoms with E-state index in [1.807, 2.05) is 0 Å². The zero-order valence-corrected chi connectivity index (χ0v) is 9.09. The molecular weight excluding hydrogens is 207 g/mol. The maximum absolute atomic E-state index is 13.2. The summed E-state index contributed by atoms with van der Waals surface area (Å²) >= 11 is 0. The van der Waals surface area contributed by atoms with Gasteiger partial charge < -0.3 is 10.1 Å². The van der Waals surface area contributed by atoms with Gasteiger partial charge in [0, 0.05) is 24.6 Å². The maximum Gasteiger partial charge on any atom is 0.305 e. The summed E-state index contributed by atoms with van der Waals surface area (Å²) in [5.41, 5.74) is 0.247. The van der Waals surface area contributed by atoms with Gasteiger partial charge in [-0.05, 0) is 18.6 Å². The number of nitrogens with one attached hydrogen (secondary N) is 1. The highest BCUT2D eigenvalue weighted by Crippen LogP contribution is 2.37. The molecule has 0 bridgehead atoms. The number of rotatable bonds is 3. The third-order valence-corrected chi connectivity index (χ3v) is 2.92. The lowest BCUT2D eigenvalue weighted by atomic mass is 9.85. The lowest BCUT2D eigenvalue weighted by Crippen LogP contribution is -2.41. The lowest BCUT2D eigenvalue weighted by Gasteiger charge is -2.31. The summed E-state index contributed by atoms with van der Waals surface area (Å²) in [6.07, 6.45) is 2.75. The third kappa shape index (κ3) is 1.81. The average molecular weight is 220 g/mol. The number of ether oxygens (including phenoxy) is 1. The van der Waals surface area contributed by atoms with Crippen LogP contribution in [0.15, 0.2) is 18.2 Å². The molecule has 0 atom stereocenters. The van der Waals surface area contributed by atoms with Crippen LogP contribution in [0.25, 0.3) is 4.85 Å². The standard InChI is InChI=1S/C12H13FN2O/c1-14-12(6-3-7-12)15-9-4-5-10(13)11(8-9)16-2/h4-5,8,15H,3,6-7H2,2H3. The molecule has 2 rings (SSSR count). The van der Waals surface area contributed by atoms with E-state index in [2.05, 4.69) is 10.2 Å². The number of anilines is 1. The first-order chi connectivity index (χ1) is 7.69. The quantitative estimate of drug-likeness (QED) is 0.792. The molecule has 1 aliphatic rings. The van der Waals surface area contributed by atoms with Crippen LogP contribution in [0.4, 0.5) is 10.1 Å². The fourth-order valence-electron chi connectivity index (χ4n) is 1.78. The molecular formula is C12H13FN2O. The first-order valence-corrected chi connectivity index (χ1v) is 5.19. The topological polar surface area (TPSA) is 25.6 Å². The second-order valence-electron chi connectivity index (χ2n) is 3.97. The largest absolute Gasteiger partial charge is 0.494 e. The zero-order chi connectivity index (χ0) is 11.6. The van der Waals surface area contributed by atoms with Crippen LogP contribution < -0.4 is 10.1 Å². The Morgan fingerprint density at radius 2 is 2.25 bits per heavy atom. The van der Waals surface area contributed by atoms with Crippen molar-refractivity contribution in [2.45, 2.75) is 24.9 Å². The number of methoxy groups -OCH3 is 1. The molecule has 0 spiro atoms. The normalized spacial score (nSPS) is 17.1. The van der Waals surface area contributed by atoms with Gasteiger partial charge in [-0.25, -0.2) is 11.0 Å². The molecule has 0 radical (unpaired) electrons. The Kier molecular flexibility index (Phi) is 2.69. The Labute approximate surface area is 94.0 Å². The molecule has 0 unspecified atom stereocenters. The summed E-state index contributed by atoms with van der Waals surface area (Å²) in [4.78, 5) is 3.60. The molecule has 1 saturated carbocycles. The summed E-state index contributed by atoms with van der Waals surface area (Å²) in [6.45, 7) is 7.16. The highest BCUT2D eigenvalue weighted by molar-refractivity contribution is 5.51. The molecule has 1 aliphatic carbocycles. The lowest BCUT2D eigenvalue weighted by molar-refractivity contribution is 0.343. The Morgan fingerprint density at radius 3 is 2.75 bits per heavy atom. The van der Waals surface area contributed by atoms with E-state index in [4.69, 9.17) is 11.3 Å². The molecule has 0 heterocycles. The summed E-state index contributed by atoms with van der Waals surface area (Å²) in [7, 11) is 1.43. The van der Waals surface area contributed by atoms with E-state index in [0.717, 1.165) is 24.9 Å². The number of halogens is 1. The van der Waals surface area contributed by atoms with Crippen molar-refractivity contribution >= 4 is 5.69 Å². The zero-order valence-electron chi connectivity index (χ0n) is 9.09. The van der Waals surface area contributed by atoms with Crippen molar-refractivity contribution in [1.29, 1.82) is 0 Å². The van der Waals surface area contributed by atoms with Crippen LogP contribution >= 0.6 is 0 Å². The predicted octanol–water partition coefficient (Wildman–Crippen LogP) is 3.05. The van der Waals surface area contributed by atoms with Crippen LogP contribution in [0.5, 0.6) is 5.75 Å². The van der Waals surface area contributed by atoms with Crippen LogP contribution in [0.1, 0.15) is 19.3 Å². The number of hydrogen-bond acceptors (Lipinski definition) is 2. The van der Waals surface area contributed by atoms with Crippen molar-refractivity contribution in [2.24, 2.45) is 0 Å². The van der Waals surface area contributed by atoms with Gasteiger partial charge in [0.05, 0.1) is 7.11 Å². The minimum Gasteiger partial charge on any atom is -0.494 e. The van der Waals surface area contributed by atoms with Gasteiger partial charge in [0.1, 0.15) is 0 Å². The van der Waals surface area contributed by atoms with E-state index in [1.165, 1.54) is 13.2 Å². The van der Waals surface area contributed by atoms with E-state index < -0.39 is 11.5 Å². The molecule has 1 aromatic carbocycles. The van der Waals surface area contributed by atoms with Gasteiger partial charge in [-0.1, -0.05) is 0 Å². The highest BCUT2D eigenvalue weighted by atomic mass is 19.1. The molecule has 1 aromatic rings. The van der Waals surface area contributed by atoms with Crippen molar-refractivity contribution in [3.8, 4) is 5.75 Å². The fourth-order valence-corrected chi connectivity index (χ4v) is 1.78. The Bertz CT molecular complexity index is 435. The summed E-state index contributed by atoms with van der Waals surface area (Å²) in [5, 5.41) is 3.14. The second-order valence-corrected chi connectivity index (χ2v) is 3.97. The maximum atomic E-state index is 13.2. The Hall–Kier alpha value is -1.76. The molecule has 16 heavy (non-hydrogen) atoms. The van der Waals surface area contributed by atoms with Crippen LogP contribution in [-0.2, 0) is 0 Å². The molecule has 1 fully saturated rings. The molecule has 84 valence electrons. The highest BCUT2D eigenvalue weighted by Gasteiger charge is 2.43. The minimum absolute atomic E-state index is 0.199. The van der Waals surface area contributed by atoms with E-state index in [1.54, 1.807) is 12.1 Å². The predicted molar refractivity (Wildman–Crippen MR) is 59.8 cm³/mol. The first-order valence-electron chi connectivity index (χ1n) is 5.19. The Morgan fingerprint density at radius 1 is 1.50 bits per heavy atom. The molecule has 0 aromatic heterocycles. The van der Waals surface area contributed by atoms with Gasteiger partial charge in [-0.3, -0.25) is 4.85 Å². The summed E-state index contributed by atoms with van der Waals surface area (Å²) in [5.74, 6) is -0.192. The van der Waals surface area contributed by atoms with E-state index in [0.29, 0.717) is 0 Å². The second kappa shape index (κ2) is 4.01. The van der Waals surface area contributed by atoms with E-state index in [-0.39, 0.29) is 5.75 Å². The number of hydrogen-bond donors (Lipinski definition) is 1. The Balaban J connectivity index is 2.19. The van der Waals surface area contributed by atoms with Crippen molar-refractivity contribution in [2.75, 3.05) is 12.4 Å². The van der Waals surface area contributed by atoms with Crippen LogP contribution in [0, 0.1) is 12.4 Å². The number of benzene rings is 1. The molecule has 1 N–H and O–H groups in total. The molecule has 0 saturated heterocycles. The van der Waals surface area contributed by atoms with Crippen molar-refractivity contribution in [1.82, 2.24) is 0 Å². The third-order valence-electron chi connectivity index (χ3n) is 2.92. The van der Waals surface area contributed by atoms with Crippen molar-refractivity contribution in [3.63, 3.8) is 0 Å². The summed E-state index contributed by atoms with van der Waals surface area (Å²) < 4.78 is 18.1. The van der Waals surface area contributed by atoms with Gasteiger partial charge in [-0.15, -0.1) is 0 Å². The van der Waals surface area contributed by atoms with Crippen LogP contribution in [0.3, 0.4) is 0 Å². The molecule has 0 amide bonds. The molecule has 3 nitrogen and oxygen atoms in total. The fraction of sp³-hybridized carbons (Fsp3) is 0.417. The van der Waals surface area contributed by atoms with Crippen molar-refractivity contribution < 1.29 is 9.13 Å². The van der Waals surface area contributed by atoms with Gasteiger partial charge in [-0.2, -0.15) is 0 Å². The minimum atomic E-state index is -0.483. The smallest absolute Gasteiger partial charge is 0.305 e. The van der Waals surface area contributed by atoms with Crippen LogP contribution in [-0.4, -0.2) is 12.8 Å². The molecule has 4 heteroatoms. The van der Waals surface area contributed by atoms with Gasteiger partial charge in [0.25, 0.3) is 0 Å². The molecule has 0 aliphatic heterocycles. The van der Waals surface area contributed by atoms with Crippen LogP contribution in [0.2, 0.25) is 0 Å². The monoisotopic (exact) mass is 220 g/mol. The summed E-state index contributed by atoms with van der Waals surface area (Å²) in [6, 6.07) is 4.56. The average Bonchev–Trinajstić information content (AvgIpc) is 2.25. The van der Waals surface area contributed by atoms with Gasteiger partial charge >= 0.3 is 5.66 Å². The van der Waals surface area contributed by atoms with E-state index >= 15 is 0 Å². The SMILES string of the molecule is [C-]#[N+]C1(Nc2ccc(F)c(OC)c2)CCC1. The van der Waals surface area contributed by atoms with Crippen molar-refractivity contribution in [3.05, 3.63) is 35.4 Å². The number of nitrogens with zero attached hydrogens (tertiary/aromatic N) is 1. The van der Waals surface area contributed by atoms with Gasteiger partial charge in [0.2, 0.25) is 0 Å². The van der Waals surface area contributed by atoms with E-state index in [9.17, 15) is 4.39 Å². The first kappa shape index (κ1) is 10.7.